The largest absolute Gasteiger partial charge is 0.497 e. The fourth-order valence-electron chi connectivity index (χ4n) is 19.5. The van der Waals surface area contributed by atoms with Crippen LogP contribution in [-0.4, -0.2) is 265 Å². The SMILES string of the molecule is C=CC(=O)N1CCN(c2nc(OC[C@@H]3CCCN3C)nc3c2CCN(c2cccc4cc(F)ccc24)C3)CC1CC#N.C=CC(=O)N1CCN(c2nc(OC[C@@H]3CCCN3C)nc3c2CCN(c2cccc4ccc(OC)cc24)C3)CC1CC#N.C=CC(=O)N1CCN(c2nc(OC[C@@H]3CCCN3C)nc3c2CCN(c2nccc4ccccc24)C3)CC1CC#N.S.S.S. The summed E-state index contributed by atoms with van der Waals surface area (Å²) < 4.78 is 38.3. The smallest absolute Gasteiger partial charge is 0.318 e. The van der Waals surface area contributed by atoms with Gasteiger partial charge in [-0.1, -0.05) is 74.3 Å². The number of aromatic nitrogens is 7. The summed E-state index contributed by atoms with van der Waals surface area (Å²) in [4.78, 5) is 97.8. The molecule has 13 heterocycles. The van der Waals surface area contributed by atoms with Crippen LogP contribution in [0.5, 0.6) is 23.8 Å². The van der Waals surface area contributed by atoms with E-state index in [1.54, 1.807) is 27.9 Å². The van der Waals surface area contributed by atoms with Crippen molar-refractivity contribution in [1.82, 2.24) is 64.3 Å². The van der Waals surface area contributed by atoms with E-state index in [1.807, 2.05) is 48.7 Å². The Morgan fingerprint density at radius 1 is 0.426 bits per heavy atom. The van der Waals surface area contributed by atoms with Crippen LogP contribution < -0.4 is 48.3 Å². The summed E-state index contributed by atoms with van der Waals surface area (Å²) in [6.07, 6.45) is 15.6. The van der Waals surface area contributed by atoms with Gasteiger partial charge < -0.3 is 77.7 Å². The average molecular weight is 1810 g/mol. The molecule has 9 aromatic rings. The number of carbonyl (C=O) groups excluding carboxylic acids is 3. The lowest BCUT2D eigenvalue weighted by atomic mass is 10.0. The number of piperazine rings is 3. The molecule has 6 fully saturated rings. The van der Waals surface area contributed by atoms with Crippen LogP contribution in [0.25, 0.3) is 32.3 Å². The number of benzene rings is 5. The zero-order valence-corrected chi connectivity index (χ0v) is 77.1. The maximum Gasteiger partial charge on any atom is 0.318 e. The van der Waals surface area contributed by atoms with Gasteiger partial charge in [0, 0.05) is 147 Å². The number of ether oxygens (including phenoxy) is 4. The van der Waals surface area contributed by atoms with Crippen LogP contribution in [0, 0.1) is 39.8 Å². The first kappa shape index (κ1) is 94.8. The number of anilines is 6. The summed E-state index contributed by atoms with van der Waals surface area (Å²) >= 11 is 0. The molecule has 0 bridgehead atoms. The molecule has 6 saturated heterocycles. The second-order valence-corrected chi connectivity index (χ2v) is 34.0. The van der Waals surface area contributed by atoms with Gasteiger partial charge in [0.1, 0.15) is 54.7 Å². The van der Waals surface area contributed by atoms with Gasteiger partial charge in [0.2, 0.25) is 17.7 Å². The summed E-state index contributed by atoms with van der Waals surface area (Å²) in [5.41, 5.74) is 8.26. The summed E-state index contributed by atoms with van der Waals surface area (Å²) in [6.45, 7) is 24.7. The van der Waals surface area contributed by atoms with Gasteiger partial charge in [-0.25, -0.2) is 9.37 Å². The molecule has 0 N–H and O–H groups in total. The lowest BCUT2D eigenvalue weighted by Gasteiger charge is -2.42. The van der Waals surface area contributed by atoms with Crippen molar-refractivity contribution in [2.45, 2.75) is 133 Å². The zero-order chi connectivity index (χ0) is 87.5. The molecule has 0 spiro atoms. The minimum absolute atomic E-state index is 0. The van der Waals surface area contributed by atoms with E-state index >= 15 is 0 Å². The molecule has 3 amide bonds. The van der Waals surface area contributed by atoms with Crippen LogP contribution >= 0.6 is 40.5 Å². The lowest BCUT2D eigenvalue weighted by Crippen LogP contribution is -2.55. The average Bonchev–Trinajstić information content (AvgIpc) is 1.26. The highest BCUT2D eigenvalue weighted by molar-refractivity contribution is 7.59. The van der Waals surface area contributed by atoms with Crippen LogP contribution in [0.15, 0.2) is 147 Å². The lowest BCUT2D eigenvalue weighted by molar-refractivity contribution is -0.129. The number of nitrogens with zero attached hydrogens (tertiary/aromatic N) is 22. The highest BCUT2D eigenvalue weighted by Crippen LogP contribution is 2.41. The van der Waals surface area contributed by atoms with Gasteiger partial charge in [-0.3, -0.25) is 14.4 Å². The van der Waals surface area contributed by atoms with E-state index in [0.717, 1.165) is 191 Å². The second kappa shape index (κ2) is 43.6. The molecule has 33 heteroatoms. The first-order valence-electron chi connectivity index (χ1n) is 44.2. The third-order valence-corrected chi connectivity index (χ3v) is 26.5. The highest BCUT2D eigenvalue weighted by atomic mass is 32.1. The van der Waals surface area contributed by atoms with Crippen molar-refractivity contribution in [3.8, 4) is 42.0 Å². The number of likely N-dealkylation sites (tertiary alicyclic amines) is 3. The molecule has 6 atom stereocenters. The van der Waals surface area contributed by atoms with Gasteiger partial charge in [0.15, 0.2) is 0 Å². The van der Waals surface area contributed by atoms with Crippen molar-refractivity contribution in [2.75, 3.05) is 176 Å². The Labute approximate surface area is 775 Å². The molecule has 18 rings (SSSR count). The molecular formula is C96H117FN22O7S3. The molecule has 0 radical (unpaired) electrons. The molecule has 5 aromatic carbocycles. The van der Waals surface area contributed by atoms with Crippen molar-refractivity contribution >= 4 is 125 Å². The van der Waals surface area contributed by atoms with Crippen LogP contribution in [-0.2, 0) is 53.3 Å². The van der Waals surface area contributed by atoms with E-state index < -0.39 is 0 Å². The number of pyridine rings is 1. The fourth-order valence-corrected chi connectivity index (χ4v) is 19.5. The number of halogens is 1. The summed E-state index contributed by atoms with van der Waals surface area (Å²) in [5.74, 6) is 3.62. The predicted molar refractivity (Wildman–Crippen MR) is 516 cm³/mol. The number of rotatable bonds is 22. The molecule has 678 valence electrons. The molecule has 9 aliphatic rings. The van der Waals surface area contributed by atoms with Crippen molar-refractivity contribution < 1.29 is 37.7 Å². The molecule has 29 nitrogen and oxygen atoms in total. The minimum Gasteiger partial charge on any atom is -0.497 e. The maximum atomic E-state index is 14.0. The normalized spacial score (nSPS) is 20.3. The highest BCUT2D eigenvalue weighted by Gasteiger charge is 2.39. The molecule has 3 unspecified atom stereocenters. The molecule has 0 aliphatic carbocycles. The van der Waals surface area contributed by atoms with Gasteiger partial charge >= 0.3 is 18.0 Å². The van der Waals surface area contributed by atoms with Crippen LogP contribution in [0.4, 0.5) is 39.0 Å². The van der Waals surface area contributed by atoms with Crippen LogP contribution in [0.3, 0.4) is 0 Å². The van der Waals surface area contributed by atoms with Crippen molar-refractivity contribution in [2.24, 2.45) is 0 Å². The number of carbonyl (C=O) groups is 3. The minimum atomic E-state index is -0.257. The first-order valence-corrected chi connectivity index (χ1v) is 44.2. The predicted octanol–water partition coefficient (Wildman–Crippen LogP) is 11.2. The standard InChI is InChI=1S/C33H39N7O3.C32H36FN7O2.C31H36N8O2.3H2S/c1-4-31(41)40-18-17-39(20-24(40)12-14-34)32-27-13-16-38(30-9-5-7-23-10-11-26(42-3)19-28(23)30)21-29(27)35-33(36-32)43-22-25-8-6-15-37(25)2;1-3-30(41)40-17-16-39(19-24(40)11-13-34)31-27-12-15-38(29-8-4-6-22-18-23(33)9-10-26(22)29)20-28(27)35-32(36-31)42-21-25-7-5-14-37(25)2;1-3-28(40)39-18-17-38(19-23(39)10-13-32)30-26-12-16-37(29-25-9-5-4-7-22(25)11-14-33-29)20-27(26)34-31(35-30)41-21-24-8-6-15-36(24)2;;;/h4-5,7,9-11,19,24-25H,1,6,8,12-13,15-18,20-22H2,2-3H3;3-4,6,8-10,18,24-25H,1,5,7,11-12,14-17,19-21H2,2H3;3-5,7,9,11,14,23-24H,1,6,8,10,12,15-21H2,2H3;3*1H2/t2*24?,25-;23?,24-;;;/m000.../s1. The maximum absolute atomic E-state index is 14.0. The Balaban J connectivity index is 0.000000163. The Morgan fingerprint density at radius 3 is 1.25 bits per heavy atom. The first-order chi connectivity index (χ1) is 61.5. The number of nitriles is 3. The Kier molecular flexibility index (Phi) is 32.0. The molecule has 0 saturated carbocycles. The van der Waals surface area contributed by atoms with Crippen molar-refractivity contribution in [1.29, 1.82) is 15.8 Å². The van der Waals surface area contributed by atoms with E-state index in [2.05, 4.69) is 152 Å². The van der Waals surface area contributed by atoms with Crippen LogP contribution in [0.1, 0.15) is 91.6 Å². The van der Waals surface area contributed by atoms with Gasteiger partial charge in [0.05, 0.1) is 99.4 Å². The van der Waals surface area contributed by atoms with E-state index in [-0.39, 0.29) is 101 Å². The van der Waals surface area contributed by atoms with E-state index in [1.165, 1.54) is 37.1 Å². The van der Waals surface area contributed by atoms with Gasteiger partial charge in [0.25, 0.3) is 0 Å². The topological polar surface area (TPSA) is 289 Å². The van der Waals surface area contributed by atoms with E-state index in [0.29, 0.717) is 135 Å². The fraction of sp³-hybridized carbons (Fsp3) is 0.448. The van der Waals surface area contributed by atoms with Gasteiger partial charge in [-0.2, -0.15) is 86.2 Å². The third kappa shape index (κ3) is 21.2. The number of likely N-dealkylation sites (N-methyl/N-ethyl adjacent to an activating group) is 3. The molecular weight excluding hydrogens is 1690 g/mol. The monoisotopic (exact) mass is 1800 g/mol. The van der Waals surface area contributed by atoms with Gasteiger partial charge in [-0.05, 0) is 181 Å². The Bertz CT molecular complexity index is 5680. The number of methoxy groups -OCH3 is 1. The third-order valence-electron chi connectivity index (χ3n) is 26.5. The Hall–Kier alpha value is -11.8. The quantitative estimate of drug-likeness (QED) is 0.0570. The summed E-state index contributed by atoms with van der Waals surface area (Å²) in [5, 5.41) is 35.0. The molecule has 129 heavy (non-hydrogen) atoms. The number of amides is 3. The summed E-state index contributed by atoms with van der Waals surface area (Å²) in [7, 11) is 8.08. The second-order valence-electron chi connectivity index (χ2n) is 34.0. The number of fused-ring (bicyclic) bond motifs is 6. The number of hydrogen-bond donors (Lipinski definition) is 0. The van der Waals surface area contributed by atoms with Gasteiger partial charge in [-0.15, -0.1) is 0 Å². The van der Waals surface area contributed by atoms with E-state index in [4.69, 9.17) is 53.8 Å². The molecule has 4 aromatic heterocycles. The number of hydrogen-bond acceptors (Lipinski definition) is 26. The molecule has 9 aliphatic heterocycles. The van der Waals surface area contributed by atoms with Crippen molar-refractivity contribution in [3.05, 3.63) is 187 Å². The Morgan fingerprint density at radius 2 is 0.829 bits per heavy atom. The van der Waals surface area contributed by atoms with Crippen LogP contribution in [0.2, 0.25) is 0 Å². The van der Waals surface area contributed by atoms with Crippen molar-refractivity contribution in [3.63, 3.8) is 0 Å². The summed E-state index contributed by atoms with van der Waals surface area (Å²) in [6, 6.07) is 42.0. The zero-order valence-electron chi connectivity index (χ0n) is 74.1. The van der Waals surface area contributed by atoms with E-state index in [9.17, 15) is 34.6 Å².